The maximum atomic E-state index is 12.0. The third kappa shape index (κ3) is 4.23. The van der Waals surface area contributed by atoms with Crippen LogP contribution in [0.15, 0.2) is 48.5 Å². The van der Waals surface area contributed by atoms with E-state index in [2.05, 4.69) is 5.32 Å². The highest BCUT2D eigenvalue weighted by Gasteiger charge is 2.12. The van der Waals surface area contributed by atoms with Crippen LogP contribution < -0.4 is 11.1 Å². The molecule has 0 saturated carbocycles. The molecule has 0 fully saturated rings. The number of aryl methyl sites for hydroxylation is 1. The third-order valence-corrected chi connectivity index (χ3v) is 3.77. The molecule has 4 heteroatoms. The van der Waals surface area contributed by atoms with Crippen molar-refractivity contribution in [3.8, 4) is 0 Å². The minimum absolute atomic E-state index is 0.00864. The molecule has 0 unspecified atom stereocenters. The van der Waals surface area contributed by atoms with E-state index in [4.69, 9.17) is 17.3 Å². The van der Waals surface area contributed by atoms with Crippen molar-refractivity contribution in [1.82, 2.24) is 5.32 Å². The van der Waals surface area contributed by atoms with Crippen LogP contribution in [0.3, 0.4) is 0 Å². The number of amides is 1. The van der Waals surface area contributed by atoms with Crippen LogP contribution in [0.25, 0.3) is 0 Å². The Bertz CT molecular complexity index is 628. The van der Waals surface area contributed by atoms with Gasteiger partial charge in [-0.15, -0.1) is 0 Å². The van der Waals surface area contributed by atoms with E-state index in [0.29, 0.717) is 17.9 Å². The summed E-state index contributed by atoms with van der Waals surface area (Å²) in [5, 5.41) is 3.63. The third-order valence-electron chi connectivity index (χ3n) is 3.43. The Morgan fingerprint density at radius 2 is 1.86 bits per heavy atom. The quantitative estimate of drug-likeness (QED) is 0.827. The molecule has 0 aliphatic carbocycles. The Morgan fingerprint density at radius 1 is 1.19 bits per heavy atom. The van der Waals surface area contributed by atoms with Crippen molar-refractivity contribution >= 4 is 23.2 Å². The second kappa shape index (κ2) is 7.14. The Kier molecular flexibility index (Phi) is 5.23. The van der Waals surface area contributed by atoms with E-state index in [-0.39, 0.29) is 11.9 Å². The van der Waals surface area contributed by atoms with Gasteiger partial charge < -0.3 is 11.1 Å². The summed E-state index contributed by atoms with van der Waals surface area (Å²) in [5.74, 6) is -0.00864. The Morgan fingerprint density at radius 3 is 2.57 bits per heavy atom. The highest BCUT2D eigenvalue weighted by molar-refractivity contribution is 6.31. The first kappa shape index (κ1) is 15.4. The second-order valence-electron chi connectivity index (χ2n) is 5.01. The second-order valence-corrected chi connectivity index (χ2v) is 5.42. The number of nitrogens with two attached hydrogens (primary N) is 1. The number of nitrogen functional groups attached to an aromatic ring is 1. The summed E-state index contributed by atoms with van der Waals surface area (Å²) < 4.78 is 0. The first-order valence-corrected chi connectivity index (χ1v) is 7.33. The fourth-order valence-electron chi connectivity index (χ4n) is 2.23. The number of benzene rings is 2. The monoisotopic (exact) mass is 302 g/mol. The van der Waals surface area contributed by atoms with Gasteiger partial charge in [-0.3, -0.25) is 4.79 Å². The number of carbonyl (C=O) groups excluding carboxylic acids is 1. The van der Waals surface area contributed by atoms with Crippen LogP contribution in [0.5, 0.6) is 0 Å². The number of para-hydroxylation sites is 1. The Labute approximate surface area is 130 Å². The van der Waals surface area contributed by atoms with Crippen molar-refractivity contribution < 1.29 is 4.79 Å². The van der Waals surface area contributed by atoms with Crippen molar-refractivity contribution in [2.45, 2.75) is 25.8 Å². The lowest BCUT2D eigenvalue weighted by Gasteiger charge is -2.15. The molecule has 2 aromatic carbocycles. The molecular weight excluding hydrogens is 284 g/mol. The van der Waals surface area contributed by atoms with Crippen molar-refractivity contribution in [3.63, 3.8) is 0 Å². The molecule has 21 heavy (non-hydrogen) atoms. The van der Waals surface area contributed by atoms with Crippen molar-refractivity contribution in [2.75, 3.05) is 5.73 Å². The molecule has 1 amide bonds. The molecule has 3 N–H and O–H groups in total. The molecule has 0 saturated heterocycles. The Hall–Kier alpha value is -2.00. The molecule has 110 valence electrons. The molecule has 0 heterocycles. The SMILES string of the molecule is C[C@@H](NC(=O)CCc1ccccc1N)c1ccccc1Cl. The summed E-state index contributed by atoms with van der Waals surface area (Å²) in [7, 11) is 0. The van der Waals surface area contributed by atoms with E-state index in [1.165, 1.54) is 0 Å². The summed E-state index contributed by atoms with van der Waals surface area (Å²) in [6.45, 7) is 1.93. The van der Waals surface area contributed by atoms with Gasteiger partial charge in [0.25, 0.3) is 0 Å². The van der Waals surface area contributed by atoms with Gasteiger partial charge in [0.15, 0.2) is 0 Å². The first-order chi connectivity index (χ1) is 10.1. The van der Waals surface area contributed by atoms with Gasteiger partial charge in [0, 0.05) is 17.1 Å². The van der Waals surface area contributed by atoms with E-state index in [1.54, 1.807) is 0 Å². The van der Waals surface area contributed by atoms with E-state index < -0.39 is 0 Å². The standard InChI is InChI=1S/C17H19ClN2O/c1-12(14-7-3-4-8-15(14)18)20-17(21)11-10-13-6-2-5-9-16(13)19/h2-9,12H,10-11,19H2,1H3,(H,20,21)/t12-/m1/s1. The summed E-state index contributed by atoms with van der Waals surface area (Å²) >= 11 is 6.13. The van der Waals surface area contributed by atoms with Crippen molar-refractivity contribution in [2.24, 2.45) is 0 Å². The maximum Gasteiger partial charge on any atom is 0.220 e. The predicted octanol–water partition coefficient (Wildman–Crippen LogP) is 3.73. The summed E-state index contributed by atoms with van der Waals surface area (Å²) in [6.07, 6.45) is 1.04. The van der Waals surface area contributed by atoms with Gasteiger partial charge in [0.05, 0.1) is 6.04 Å². The van der Waals surface area contributed by atoms with Gasteiger partial charge in [0.2, 0.25) is 5.91 Å². The Balaban J connectivity index is 1.90. The average Bonchev–Trinajstić information content (AvgIpc) is 2.46. The predicted molar refractivity (Wildman–Crippen MR) is 87.2 cm³/mol. The number of hydrogen-bond acceptors (Lipinski definition) is 2. The molecule has 0 aliphatic rings. The highest BCUT2D eigenvalue weighted by Crippen LogP contribution is 2.22. The summed E-state index contributed by atoms with van der Waals surface area (Å²) in [5.41, 5.74) is 8.52. The minimum atomic E-state index is -0.112. The van der Waals surface area contributed by atoms with E-state index in [0.717, 1.165) is 16.8 Å². The minimum Gasteiger partial charge on any atom is -0.399 e. The number of rotatable bonds is 5. The van der Waals surface area contributed by atoms with Gasteiger partial charge in [-0.25, -0.2) is 0 Å². The maximum absolute atomic E-state index is 12.0. The van der Waals surface area contributed by atoms with Crippen LogP contribution in [0.2, 0.25) is 5.02 Å². The topological polar surface area (TPSA) is 55.1 Å². The van der Waals surface area contributed by atoms with Crippen LogP contribution in [0, 0.1) is 0 Å². The largest absolute Gasteiger partial charge is 0.399 e. The lowest BCUT2D eigenvalue weighted by atomic mass is 10.1. The van der Waals surface area contributed by atoms with Gasteiger partial charge in [-0.1, -0.05) is 48.0 Å². The smallest absolute Gasteiger partial charge is 0.220 e. The van der Waals surface area contributed by atoms with Crippen molar-refractivity contribution in [3.05, 3.63) is 64.7 Å². The first-order valence-electron chi connectivity index (χ1n) is 6.95. The number of hydrogen-bond donors (Lipinski definition) is 2. The molecule has 0 aliphatic heterocycles. The fourth-order valence-corrected chi connectivity index (χ4v) is 2.53. The number of nitrogens with one attached hydrogen (secondary N) is 1. The van der Waals surface area contributed by atoms with Gasteiger partial charge in [-0.05, 0) is 36.6 Å². The highest BCUT2D eigenvalue weighted by atomic mass is 35.5. The zero-order chi connectivity index (χ0) is 15.2. The van der Waals surface area contributed by atoms with E-state index in [9.17, 15) is 4.79 Å². The number of halogens is 1. The zero-order valence-electron chi connectivity index (χ0n) is 12.0. The zero-order valence-corrected chi connectivity index (χ0v) is 12.7. The van der Waals surface area contributed by atoms with Crippen LogP contribution in [-0.2, 0) is 11.2 Å². The van der Waals surface area contributed by atoms with Gasteiger partial charge in [0.1, 0.15) is 0 Å². The lowest BCUT2D eigenvalue weighted by Crippen LogP contribution is -2.27. The fraction of sp³-hybridized carbons (Fsp3) is 0.235. The van der Waals surface area contributed by atoms with Crippen LogP contribution >= 0.6 is 11.6 Å². The van der Waals surface area contributed by atoms with E-state index in [1.807, 2.05) is 55.5 Å². The van der Waals surface area contributed by atoms with E-state index >= 15 is 0 Å². The average molecular weight is 303 g/mol. The molecule has 3 nitrogen and oxygen atoms in total. The molecule has 0 aromatic heterocycles. The van der Waals surface area contributed by atoms with Gasteiger partial charge >= 0.3 is 0 Å². The van der Waals surface area contributed by atoms with Crippen LogP contribution in [-0.4, -0.2) is 5.91 Å². The van der Waals surface area contributed by atoms with Crippen LogP contribution in [0.1, 0.15) is 30.5 Å². The molecular formula is C17H19ClN2O. The molecule has 2 aromatic rings. The molecule has 0 radical (unpaired) electrons. The molecule has 1 atom stereocenters. The van der Waals surface area contributed by atoms with Gasteiger partial charge in [-0.2, -0.15) is 0 Å². The van der Waals surface area contributed by atoms with Crippen molar-refractivity contribution in [1.29, 1.82) is 0 Å². The molecule has 2 rings (SSSR count). The summed E-state index contributed by atoms with van der Waals surface area (Å²) in [6, 6.07) is 15.0. The lowest BCUT2D eigenvalue weighted by molar-refractivity contribution is -0.121. The normalized spacial score (nSPS) is 11.9. The number of carbonyl (C=O) groups is 1. The number of anilines is 1. The van der Waals surface area contributed by atoms with Crippen LogP contribution in [0.4, 0.5) is 5.69 Å². The molecule has 0 spiro atoms. The molecule has 0 bridgehead atoms. The summed E-state index contributed by atoms with van der Waals surface area (Å²) in [4.78, 5) is 12.0.